The minimum absolute atomic E-state index is 0.0691. The molecule has 0 amide bonds. The van der Waals surface area contributed by atoms with Crippen LogP contribution in [0.3, 0.4) is 0 Å². The Hall–Kier alpha value is -5.35. The summed E-state index contributed by atoms with van der Waals surface area (Å²) in [5.41, 5.74) is 0. The summed E-state index contributed by atoms with van der Waals surface area (Å²) in [5.74, 6) is -1.60. The Balaban J connectivity index is 4.63. The van der Waals surface area contributed by atoms with E-state index in [0.29, 0.717) is 19.3 Å². The minimum Gasteiger partial charge on any atom is -0.463 e. The number of carbonyl (C=O) groups excluding carboxylic acids is 3. The number of phosphoric acid groups is 2. The van der Waals surface area contributed by atoms with E-state index in [1.165, 1.54) is 154 Å². The summed E-state index contributed by atoms with van der Waals surface area (Å²) in [5, 5.41) is 20.7. The van der Waals surface area contributed by atoms with Gasteiger partial charge in [-0.25, -0.2) is 9.13 Å². The van der Waals surface area contributed by atoms with E-state index in [1.54, 1.807) is 0 Å². The molecule has 0 aromatic carbocycles. The molecule has 4 N–H and O–H groups in total. The van der Waals surface area contributed by atoms with Crippen LogP contribution in [-0.2, 0) is 55.8 Å². The smallest absolute Gasteiger partial charge is 0.463 e. The van der Waals surface area contributed by atoms with Gasteiger partial charge in [-0.15, -0.1) is 0 Å². The SMILES string of the molecule is CC/C=C\C/C=C\C/C=C\C/C=C\C/C=C\C/C=C\CCCCCCC(=O)OC(COC(=O)CCCCCCCCCCCCCCC/C=C\C/C=C\C/C=C\C/C=C\C/C=C\CC)COP(=O)(O)OCC(O)COP(=O)(O)OCC(O)COC(=O)CCCCCCCCCCCCCCCCC/C=C\C/C=C\C/C=C\C/C=C\CCCCC. The van der Waals surface area contributed by atoms with Gasteiger partial charge in [-0.3, -0.25) is 32.5 Å². The van der Waals surface area contributed by atoms with Crippen LogP contribution in [0.4, 0.5) is 0 Å². The minimum atomic E-state index is -4.96. The Morgan fingerprint density at radius 1 is 0.244 bits per heavy atom. The number of esters is 3. The van der Waals surface area contributed by atoms with Gasteiger partial charge in [0.25, 0.3) is 0 Å². The molecule has 0 aromatic rings. The number of ether oxygens (including phenoxy) is 3. The highest BCUT2D eigenvalue weighted by molar-refractivity contribution is 7.47. The van der Waals surface area contributed by atoms with Crippen LogP contribution in [0.5, 0.6) is 0 Å². The summed E-state index contributed by atoms with van der Waals surface area (Å²) in [7, 11) is -9.83. The normalized spacial score (nSPS) is 14.6. The van der Waals surface area contributed by atoms with E-state index in [0.717, 1.165) is 167 Å². The van der Waals surface area contributed by atoms with Gasteiger partial charge in [-0.1, -0.05) is 383 Å². The van der Waals surface area contributed by atoms with Crippen molar-refractivity contribution >= 4 is 33.6 Å². The van der Waals surface area contributed by atoms with Crippen molar-refractivity contribution in [2.45, 2.75) is 399 Å². The Morgan fingerprint density at radius 3 is 0.706 bits per heavy atom. The van der Waals surface area contributed by atoms with Crippen molar-refractivity contribution in [3.8, 4) is 0 Å². The fraction of sp³-hybridized carbons (Fsp3) is 0.673. The first-order valence-corrected chi connectivity index (χ1v) is 50.1. The topological polar surface area (TPSA) is 231 Å². The van der Waals surface area contributed by atoms with Crippen molar-refractivity contribution in [2.75, 3.05) is 39.6 Å². The molecule has 5 atom stereocenters. The standard InChI is InChI=1S/C101H170O16P2/c1-4-7-10-13-16-19-22-25-28-31-34-37-40-42-44-46-47-49-51-52-55-57-60-63-66-69-72-75-78-81-84-87-99(104)111-90-96(102)91-113-118(107,108)114-92-97(103)93-115-119(109,110)116-95-98(117-101(106)89-86-83-80-77-74-71-68-65-62-59-54-39-36-33-30-27-24-21-18-15-12-9-6-3)94-112-100(105)88-85-82-79-76-73-70-67-64-61-58-56-53-50-48-45-43-41-38-35-32-29-26-23-20-17-14-11-8-5-2/h8-9,11-12,16-21,25-30,34-39,42-45,59,62,68,71,96-98,102-103H,4-7,10,13-15,22-24,31-33,40-41,46-58,60-61,63-67,69-70,72-95H2,1-3H3,(H,107,108)(H,109,110)/b11-8-,12-9-,19-16-,20-17-,21-18-,28-25-,29-26-,30-27-,37-34-,38-35-,39-36-,44-42-,45-43-,62-59-,71-68-. The van der Waals surface area contributed by atoms with E-state index in [4.69, 9.17) is 32.3 Å². The molecular weight excluding hydrogens is 1530 g/mol. The summed E-state index contributed by atoms with van der Waals surface area (Å²) in [6.07, 6.45) is 121. The number of hydrogen-bond donors (Lipinski definition) is 4. The predicted molar refractivity (Wildman–Crippen MR) is 500 cm³/mol. The number of allylic oxidation sites excluding steroid dienone is 30. The number of carbonyl (C=O) groups is 3. The fourth-order valence-corrected chi connectivity index (χ4v) is 14.1. The second-order valence-corrected chi connectivity index (χ2v) is 34.0. The maximum Gasteiger partial charge on any atom is 0.472 e. The summed E-state index contributed by atoms with van der Waals surface area (Å²) in [6.45, 7) is 2.43. The lowest BCUT2D eigenvalue weighted by Gasteiger charge is -2.21. The van der Waals surface area contributed by atoms with E-state index >= 15 is 0 Å². The highest BCUT2D eigenvalue weighted by Crippen LogP contribution is 2.45. The number of aliphatic hydroxyl groups is 2. The lowest BCUT2D eigenvalue weighted by atomic mass is 10.0. The molecule has 0 aromatic heterocycles. The molecule has 0 aliphatic heterocycles. The van der Waals surface area contributed by atoms with Gasteiger partial charge >= 0.3 is 33.6 Å². The Morgan fingerprint density at radius 2 is 0.445 bits per heavy atom. The molecule has 0 fully saturated rings. The maximum atomic E-state index is 13.1. The first-order chi connectivity index (χ1) is 58.2. The molecule has 0 radical (unpaired) electrons. The molecule has 0 bridgehead atoms. The van der Waals surface area contributed by atoms with Crippen molar-refractivity contribution < 1.29 is 75.8 Å². The lowest BCUT2D eigenvalue weighted by Crippen LogP contribution is -2.30. The third kappa shape index (κ3) is 93.2. The van der Waals surface area contributed by atoms with E-state index in [2.05, 4.69) is 203 Å². The molecule has 0 heterocycles. The van der Waals surface area contributed by atoms with Crippen LogP contribution in [0.1, 0.15) is 380 Å². The van der Waals surface area contributed by atoms with Crippen LogP contribution < -0.4 is 0 Å². The summed E-state index contributed by atoms with van der Waals surface area (Å²) < 4.78 is 61.5. The highest BCUT2D eigenvalue weighted by atomic mass is 31.2. The van der Waals surface area contributed by atoms with Crippen molar-refractivity contribution in [3.05, 3.63) is 182 Å². The van der Waals surface area contributed by atoms with E-state index in [1.807, 2.05) is 0 Å². The fourth-order valence-electron chi connectivity index (χ4n) is 12.5. The molecule has 119 heavy (non-hydrogen) atoms. The molecule has 0 saturated heterocycles. The van der Waals surface area contributed by atoms with E-state index in [9.17, 15) is 43.5 Å². The van der Waals surface area contributed by atoms with Gasteiger partial charge in [0.1, 0.15) is 25.4 Å². The largest absolute Gasteiger partial charge is 0.472 e. The molecule has 5 unspecified atom stereocenters. The first-order valence-electron chi connectivity index (χ1n) is 47.1. The van der Waals surface area contributed by atoms with Crippen LogP contribution in [0, 0.1) is 0 Å². The van der Waals surface area contributed by atoms with Gasteiger partial charge in [-0.2, -0.15) is 0 Å². The van der Waals surface area contributed by atoms with Crippen molar-refractivity contribution in [1.82, 2.24) is 0 Å². The number of unbranched alkanes of at least 4 members (excludes halogenated alkanes) is 35. The van der Waals surface area contributed by atoms with Crippen molar-refractivity contribution in [1.29, 1.82) is 0 Å². The molecule has 0 aliphatic carbocycles. The van der Waals surface area contributed by atoms with Crippen molar-refractivity contribution in [2.24, 2.45) is 0 Å². The second-order valence-electron chi connectivity index (χ2n) is 31.0. The molecule has 0 saturated carbocycles. The van der Waals surface area contributed by atoms with Crippen LogP contribution in [0.25, 0.3) is 0 Å². The predicted octanol–water partition coefficient (Wildman–Crippen LogP) is 29.2. The Bertz CT molecular complexity index is 2890. The number of aliphatic hydroxyl groups excluding tert-OH is 2. The maximum absolute atomic E-state index is 13.1. The second kappa shape index (κ2) is 91.8. The van der Waals surface area contributed by atoms with Crippen molar-refractivity contribution in [3.63, 3.8) is 0 Å². The molecular formula is C101H170O16P2. The Kier molecular flexibility index (Phi) is 87.7. The average molecular weight is 1700 g/mol. The highest BCUT2D eigenvalue weighted by Gasteiger charge is 2.29. The monoisotopic (exact) mass is 1700 g/mol. The van der Waals surface area contributed by atoms with Gasteiger partial charge in [-0.05, 0) is 161 Å². The van der Waals surface area contributed by atoms with Crippen LogP contribution in [-0.4, -0.2) is 95.9 Å². The van der Waals surface area contributed by atoms with Gasteiger partial charge in [0.15, 0.2) is 6.10 Å². The van der Waals surface area contributed by atoms with Gasteiger partial charge in [0.05, 0.1) is 26.4 Å². The van der Waals surface area contributed by atoms with Gasteiger partial charge in [0.2, 0.25) is 0 Å². The van der Waals surface area contributed by atoms with E-state index < -0.39 is 91.5 Å². The third-order valence-corrected chi connectivity index (χ3v) is 21.5. The lowest BCUT2D eigenvalue weighted by molar-refractivity contribution is -0.161. The zero-order chi connectivity index (χ0) is 86.5. The van der Waals surface area contributed by atoms with E-state index in [-0.39, 0.29) is 19.3 Å². The van der Waals surface area contributed by atoms with Gasteiger partial charge in [0, 0.05) is 19.3 Å². The van der Waals surface area contributed by atoms with Crippen LogP contribution in [0.2, 0.25) is 0 Å². The molecule has 0 rings (SSSR count). The summed E-state index contributed by atoms with van der Waals surface area (Å²) in [4.78, 5) is 59.0. The molecule has 0 spiro atoms. The average Bonchev–Trinajstić information content (AvgIpc) is 0.902. The van der Waals surface area contributed by atoms with Gasteiger partial charge < -0.3 is 34.2 Å². The Labute approximate surface area is 725 Å². The summed E-state index contributed by atoms with van der Waals surface area (Å²) >= 11 is 0. The molecule has 0 aliphatic rings. The van der Waals surface area contributed by atoms with Crippen LogP contribution in [0.15, 0.2) is 182 Å². The number of hydrogen-bond acceptors (Lipinski definition) is 14. The number of rotatable bonds is 88. The molecule has 18 heteroatoms. The molecule has 16 nitrogen and oxygen atoms in total. The van der Waals surface area contributed by atoms with Crippen LogP contribution >= 0.6 is 15.6 Å². The number of phosphoric ester groups is 2. The third-order valence-electron chi connectivity index (χ3n) is 19.6. The molecule has 680 valence electrons. The quantitative estimate of drug-likeness (QED) is 0.0146. The summed E-state index contributed by atoms with van der Waals surface area (Å²) in [6, 6.07) is 0. The zero-order valence-corrected chi connectivity index (χ0v) is 76.8. The zero-order valence-electron chi connectivity index (χ0n) is 75.0. The first kappa shape index (κ1) is 114.